The van der Waals surface area contributed by atoms with E-state index < -0.39 is 18.4 Å². The number of fused-ring (bicyclic) bond motifs is 1. The summed E-state index contributed by atoms with van der Waals surface area (Å²) in [4.78, 5) is 63.0. The van der Waals surface area contributed by atoms with Crippen LogP contribution in [0, 0.1) is 0 Å². The van der Waals surface area contributed by atoms with E-state index in [1.807, 2.05) is 6.92 Å². The Labute approximate surface area is 207 Å². The Morgan fingerprint density at radius 3 is 2.14 bits per heavy atom. The van der Waals surface area contributed by atoms with Gasteiger partial charge in [0.25, 0.3) is 11.8 Å². The topological polar surface area (TPSA) is 110 Å². The number of anilines is 1. The van der Waals surface area contributed by atoms with Crippen LogP contribution in [0.15, 0.2) is 72.8 Å². The molecule has 0 atom stereocenters. The van der Waals surface area contributed by atoms with Crippen molar-refractivity contribution in [3.8, 4) is 0 Å². The van der Waals surface area contributed by atoms with Gasteiger partial charge < -0.3 is 10.1 Å². The van der Waals surface area contributed by atoms with E-state index in [9.17, 15) is 24.0 Å². The highest BCUT2D eigenvalue weighted by Crippen LogP contribution is 2.24. The summed E-state index contributed by atoms with van der Waals surface area (Å²) in [5, 5.41) is 2.74. The summed E-state index contributed by atoms with van der Waals surface area (Å²) in [5.74, 6) is -1.96. The van der Waals surface area contributed by atoms with Crippen LogP contribution in [0.25, 0.3) is 0 Å². The fraction of sp³-hybridized carbons (Fsp3) is 0.179. The summed E-state index contributed by atoms with van der Waals surface area (Å²) in [7, 11) is 0. The average Bonchev–Trinajstić information content (AvgIpc) is 3.12. The largest absolute Gasteiger partial charge is 0.454 e. The van der Waals surface area contributed by atoms with Crippen LogP contribution < -0.4 is 5.32 Å². The molecule has 8 heteroatoms. The number of carbonyl (C=O) groups excluding carboxylic acids is 5. The molecule has 0 radical (unpaired) electrons. The van der Waals surface area contributed by atoms with Crippen molar-refractivity contribution in [2.24, 2.45) is 0 Å². The van der Waals surface area contributed by atoms with Crippen molar-refractivity contribution in [2.45, 2.75) is 26.3 Å². The van der Waals surface area contributed by atoms with Gasteiger partial charge in [-0.05, 0) is 60.5 Å². The first kappa shape index (κ1) is 24.5. The Kier molecular flexibility index (Phi) is 7.34. The van der Waals surface area contributed by atoms with Gasteiger partial charge in [-0.25, -0.2) is 4.79 Å². The highest BCUT2D eigenvalue weighted by molar-refractivity contribution is 6.21. The molecule has 0 bridgehead atoms. The van der Waals surface area contributed by atoms with Gasteiger partial charge in [-0.3, -0.25) is 24.1 Å². The zero-order chi connectivity index (χ0) is 25.7. The smallest absolute Gasteiger partial charge is 0.338 e. The quantitative estimate of drug-likeness (QED) is 0.276. The monoisotopic (exact) mass is 484 g/mol. The van der Waals surface area contributed by atoms with Crippen molar-refractivity contribution in [3.63, 3.8) is 0 Å². The number of hydrogen-bond donors (Lipinski definition) is 1. The lowest BCUT2D eigenvalue weighted by Gasteiger charge is -2.14. The Balaban J connectivity index is 1.34. The number of ether oxygens (including phenoxy) is 1. The minimum absolute atomic E-state index is 0.00748. The lowest BCUT2D eigenvalue weighted by Crippen LogP contribution is -2.29. The fourth-order valence-corrected chi connectivity index (χ4v) is 3.85. The maximum atomic E-state index is 12.6. The van der Waals surface area contributed by atoms with Gasteiger partial charge in [-0.15, -0.1) is 0 Å². The third-order valence-electron chi connectivity index (χ3n) is 5.68. The third kappa shape index (κ3) is 5.38. The fourth-order valence-electron chi connectivity index (χ4n) is 3.85. The lowest BCUT2D eigenvalue weighted by molar-refractivity contribution is -0.116. The Morgan fingerprint density at radius 1 is 0.833 bits per heavy atom. The minimum atomic E-state index is -0.698. The number of nitrogens with zero attached hydrogens (tertiary/aromatic N) is 1. The van der Waals surface area contributed by atoms with Gasteiger partial charge in [-0.1, -0.05) is 31.2 Å². The summed E-state index contributed by atoms with van der Waals surface area (Å²) in [5.41, 5.74) is 2.41. The van der Waals surface area contributed by atoms with Gasteiger partial charge in [0.2, 0.25) is 5.91 Å². The lowest BCUT2D eigenvalue weighted by atomic mass is 10.1. The number of ketones is 1. The second-order valence-electron chi connectivity index (χ2n) is 8.32. The second-order valence-corrected chi connectivity index (χ2v) is 8.32. The molecular weight excluding hydrogens is 460 g/mol. The molecule has 0 aromatic heterocycles. The zero-order valence-electron chi connectivity index (χ0n) is 19.7. The van der Waals surface area contributed by atoms with Crippen LogP contribution in [-0.2, 0) is 16.1 Å². The number of benzene rings is 3. The minimum Gasteiger partial charge on any atom is -0.454 e. The molecule has 0 unspecified atom stereocenters. The van der Waals surface area contributed by atoms with E-state index in [1.54, 1.807) is 60.7 Å². The molecule has 3 amide bonds. The maximum absolute atomic E-state index is 12.6. The molecule has 0 spiro atoms. The summed E-state index contributed by atoms with van der Waals surface area (Å²) in [6.45, 7) is 1.46. The van der Waals surface area contributed by atoms with Crippen molar-refractivity contribution < 1.29 is 28.7 Å². The van der Waals surface area contributed by atoms with Gasteiger partial charge >= 0.3 is 5.97 Å². The van der Waals surface area contributed by atoms with Gasteiger partial charge in [0, 0.05) is 17.7 Å². The molecule has 8 nitrogen and oxygen atoms in total. The van der Waals surface area contributed by atoms with E-state index in [-0.39, 0.29) is 29.8 Å². The number of hydrogen-bond acceptors (Lipinski definition) is 6. The van der Waals surface area contributed by atoms with Crippen molar-refractivity contribution in [2.75, 3.05) is 11.9 Å². The van der Waals surface area contributed by atoms with Crippen molar-refractivity contribution >= 4 is 35.2 Å². The average molecular weight is 485 g/mol. The first-order valence-electron chi connectivity index (χ1n) is 11.5. The number of Topliss-reactive ketones (excluding diaryl/α,β-unsaturated/α-hetero) is 1. The van der Waals surface area contributed by atoms with Crippen LogP contribution in [0.3, 0.4) is 0 Å². The molecule has 3 aromatic carbocycles. The third-order valence-corrected chi connectivity index (χ3v) is 5.68. The summed E-state index contributed by atoms with van der Waals surface area (Å²) < 4.78 is 5.18. The standard InChI is InChI=1S/C28H24N2O6/c1-2-6-25(32)29-21-13-11-19(12-14-21)24(31)17-36-28(35)20-8-5-7-18(15-20)16-30-26(33)22-9-3-4-10-23(22)27(30)34/h3-5,7-15H,2,6,16-17H2,1H3,(H,29,32). The first-order chi connectivity index (χ1) is 17.4. The zero-order valence-corrected chi connectivity index (χ0v) is 19.7. The summed E-state index contributed by atoms with van der Waals surface area (Å²) >= 11 is 0. The molecule has 1 aliphatic heterocycles. The Hall–Kier alpha value is -4.59. The number of esters is 1. The van der Waals surface area contributed by atoms with Crippen LogP contribution in [0.2, 0.25) is 0 Å². The summed E-state index contributed by atoms with van der Waals surface area (Å²) in [6.07, 6.45) is 1.15. The van der Waals surface area contributed by atoms with Crippen LogP contribution in [0.4, 0.5) is 5.69 Å². The van der Waals surface area contributed by atoms with Gasteiger partial charge in [0.15, 0.2) is 12.4 Å². The molecule has 4 rings (SSSR count). The van der Waals surface area contributed by atoms with Crippen LogP contribution in [-0.4, -0.2) is 41.0 Å². The molecular formula is C28H24N2O6. The molecule has 1 N–H and O–H groups in total. The van der Waals surface area contributed by atoms with Gasteiger partial charge in [0.05, 0.1) is 23.2 Å². The van der Waals surface area contributed by atoms with Crippen molar-refractivity contribution in [3.05, 3.63) is 101 Å². The van der Waals surface area contributed by atoms with Crippen LogP contribution in [0.1, 0.15) is 66.8 Å². The molecule has 182 valence electrons. The van der Waals surface area contributed by atoms with E-state index in [2.05, 4.69) is 5.32 Å². The number of imide groups is 1. The number of nitrogens with one attached hydrogen (secondary N) is 1. The predicted molar refractivity (Wildman–Crippen MR) is 132 cm³/mol. The molecule has 36 heavy (non-hydrogen) atoms. The normalized spacial score (nSPS) is 12.3. The van der Waals surface area contributed by atoms with E-state index in [0.717, 1.165) is 11.3 Å². The second kappa shape index (κ2) is 10.8. The van der Waals surface area contributed by atoms with Crippen LogP contribution >= 0.6 is 0 Å². The van der Waals surface area contributed by atoms with Crippen molar-refractivity contribution in [1.82, 2.24) is 4.90 Å². The maximum Gasteiger partial charge on any atom is 0.338 e. The van der Waals surface area contributed by atoms with Crippen LogP contribution in [0.5, 0.6) is 0 Å². The van der Waals surface area contributed by atoms with Gasteiger partial charge in [-0.2, -0.15) is 0 Å². The number of carbonyl (C=O) groups is 5. The predicted octanol–water partition coefficient (Wildman–Crippen LogP) is 4.26. The molecule has 0 saturated carbocycles. The van der Waals surface area contributed by atoms with E-state index in [4.69, 9.17) is 4.74 Å². The highest BCUT2D eigenvalue weighted by Gasteiger charge is 2.35. The number of amides is 3. The first-order valence-corrected chi connectivity index (χ1v) is 11.5. The molecule has 0 saturated heterocycles. The van der Waals surface area contributed by atoms with E-state index >= 15 is 0 Å². The van der Waals surface area contributed by atoms with E-state index in [1.165, 1.54) is 12.1 Å². The van der Waals surface area contributed by atoms with Gasteiger partial charge in [0.1, 0.15) is 0 Å². The molecule has 1 heterocycles. The Bertz CT molecular complexity index is 1310. The highest BCUT2D eigenvalue weighted by atomic mass is 16.5. The van der Waals surface area contributed by atoms with E-state index in [0.29, 0.717) is 34.4 Å². The molecule has 0 aliphatic carbocycles. The Morgan fingerprint density at radius 2 is 1.50 bits per heavy atom. The molecule has 0 fully saturated rings. The molecule has 3 aromatic rings. The summed E-state index contributed by atoms with van der Waals surface area (Å²) in [6, 6.07) is 19.3. The van der Waals surface area contributed by atoms with Crippen molar-refractivity contribution in [1.29, 1.82) is 0 Å². The number of rotatable bonds is 9. The molecule has 1 aliphatic rings. The SMILES string of the molecule is CCCC(=O)Nc1ccc(C(=O)COC(=O)c2cccc(CN3C(=O)c4ccccc4C3=O)c2)cc1.